The van der Waals surface area contributed by atoms with E-state index in [0.29, 0.717) is 28.6 Å². The fourth-order valence-corrected chi connectivity index (χ4v) is 3.44. The SMILES string of the molecule is CCOC(=O)C(Oc1ccccc1OC)C(O)c1cc(OC)c(OCc2ccccc2)c(OC)c1. The summed E-state index contributed by atoms with van der Waals surface area (Å²) in [6, 6.07) is 19.6. The van der Waals surface area contributed by atoms with Crippen molar-refractivity contribution in [1.82, 2.24) is 0 Å². The molecular weight excluding hydrogens is 452 g/mol. The van der Waals surface area contributed by atoms with Gasteiger partial charge in [0.1, 0.15) is 12.7 Å². The third-order valence-corrected chi connectivity index (χ3v) is 5.18. The second kappa shape index (κ2) is 12.5. The Balaban J connectivity index is 1.94. The maximum atomic E-state index is 12.8. The standard InChI is InChI=1S/C27H30O8/c1-5-33-27(29)26(35-21-14-10-9-13-20(21)30-2)24(28)19-15-22(31-3)25(23(16-19)32-4)34-17-18-11-7-6-8-12-18/h6-16,24,26,28H,5,17H2,1-4H3. The van der Waals surface area contributed by atoms with Gasteiger partial charge in [0.05, 0.1) is 27.9 Å². The highest BCUT2D eigenvalue weighted by Gasteiger charge is 2.34. The zero-order chi connectivity index (χ0) is 25.2. The van der Waals surface area contributed by atoms with Crippen LogP contribution in [0.2, 0.25) is 0 Å². The quantitative estimate of drug-likeness (QED) is 0.381. The summed E-state index contributed by atoms with van der Waals surface area (Å²) < 4.78 is 33.4. The smallest absolute Gasteiger partial charge is 0.350 e. The van der Waals surface area contributed by atoms with Crippen molar-refractivity contribution >= 4 is 5.97 Å². The molecule has 0 saturated heterocycles. The molecule has 3 aromatic carbocycles. The molecule has 0 radical (unpaired) electrons. The first-order valence-electron chi connectivity index (χ1n) is 11.1. The zero-order valence-corrected chi connectivity index (χ0v) is 20.2. The summed E-state index contributed by atoms with van der Waals surface area (Å²) in [5, 5.41) is 11.2. The molecule has 0 bridgehead atoms. The molecule has 0 saturated carbocycles. The minimum atomic E-state index is -1.41. The maximum Gasteiger partial charge on any atom is 0.350 e. The lowest BCUT2D eigenvalue weighted by Crippen LogP contribution is -2.35. The largest absolute Gasteiger partial charge is 0.493 e. The predicted molar refractivity (Wildman–Crippen MR) is 129 cm³/mol. The molecule has 8 nitrogen and oxygen atoms in total. The third kappa shape index (κ3) is 6.36. The number of esters is 1. The Morgan fingerprint density at radius 1 is 0.829 bits per heavy atom. The molecule has 0 aliphatic rings. The fourth-order valence-electron chi connectivity index (χ4n) is 3.44. The van der Waals surface area contributed by atoms with Crippen LogP contribution < -0.4 is 23.7 Å². The van der Waals surface area contributed by atoms with Crippen LogP contribution in [0.1, 0.15) is 24.2 Å². The Hall–Kier alpha value is -3.91. The highest BCUT2D eigenvalue weighted by Crippen LogP contribution is 2.41. The molecule has 0 amide bonds. The van der Waals surface area contributed by atoms with Crippen LogP contribution in [0.5, 0.6) is 28.7 Å². The molecule has 2 atom stereocenters. The second-order valence-electron chi connectivity index (χ2n) is 7.42. The molecule has 8 heteroatoms. The molecule has 0 fully saturated rings. The Bertz CT molecular complexity index is 1070. The molecule has 2 unspecified atom stereocenters. The normalized spacial score (nSPS) is 12.3. The van der Waals surface area contributed by atoms with E-state index in [1.165, 1.54) is 21.3 Å². The van der Waals surface area contributed by atoms with Gasteiger partial charge in [-0.3, -0.25) is 0 Å². The molecule has 1 N–H and O–H groups in total. The van der Waals surface area contributed by atoms with Crippen molar-refractivity contribution in [3.05, 3.63) is 77.9 Å². The monoisotopic (exact) mass is 482 g/mol. The van der Waals surface area contributed by atoms with E-state index in [9.17, 15) is 9.90 Å². The molecule has 0 aliphatic carbocycles. The van der Waals surface area contributed by atoms with Crippen molar-refractivity contribution in [3.8, 4) is 28.7 Å². The van der Waals surface area contributed by atoms with Gasteiger partial charge in [-0.05, 0) is 42.3 Å². The van der Waals surface area contributed by atoms with Crippen LogP contribution in [0, 0.1) is 0 Å². The summed E-state index contributed by atoms with van der Waals surface area (Å²) in [5.41, 5.74) is 1.28. The van der Waals surface area contributed by atoms with E-state index in [1.54, 1.807) is 43.3 Å². The lowest BCUT2D eigenvalue weighted by atomic mass is 10.0. The van der Waals surface area contributed by atoms with Crippen LogP contribution in [0.4, 0.5) is 0 Å². The zero-order valence-electron chi connectivity index (χ0n) is 20.2. The summed E-state index contributed by atoms with van der Waals surface area (Å²) in [4.78, 5) is 12.8. The highest BCUT2D eigenvalue weighted by molar-refractivity contribution is 5.76. The van der Waals surface area contributed by atoms with Gasteiger partial charge in [-0.25, -0.2) is 4.79 Å². The van der Waals surface area contributed by atoms with Gasteiger partial charge in [-0.15, -0.1) is 0 Å². The Labute approximate surface area is 204 Å². The van der Waals surface area contributed by atoms with E-state index in [4.69, 9.17) is 28.4 Å². The van der Waals surface area contributed by atoms with Gasteiger partial charge in [-0.1, -0.05) is 42.5 Å². The van der Waals surface area contributed by atoms with Crippen LogP contribution in [-0.4, -0.2) is 45.1 Å². The van der Waals surface area contributed by atoms with Crippen molar-refractivity contribution in [2.45, 2.75) is 25.7 Å². The topological polar surface area (TPSA) is 92.7 Å². The van der Waals surface area contributed by atoms with E-state index >= 15 is 0 Å². The van der Waals surface area contributed by atoms with Gasteiger partial charge in [0.2, 0.25) is 11.9 Å². The first kappa shape index (κ1) is 25.7. The van der Waals surface area contributed by atoms with Crippen LogP contribution in [0.25, 0.3) is 0 Å². The highest BCUT2D eigenvalue weighted by atomic mass is 16.6. The van der Waals surface area contributed by atoms with Crippen molar-refractivity contribution in [1.29, 1.82) is 0 Å². The average Bonchev–Trinajstić information content (AvgIpc) is 2.90. The van der Waals surface area contributed by atoms with Gasteiger partial charge >= 0.3 is 5.97 Å². The predicted octanol–water partition coefficient (Wildman–Crippen LogP) is 4.34. The number of para-hydroxylation sites is 2. The maximum absolute atomic E-state index is 12.8. The molecule has 3 rings (SSSR count). The molecule has 0 spiro atoms. The number of benzene rings is 3. The van der Waals surface area contributed by atoms with E-state index in [2.05, 4.69) is 0 Å². The van der Waals surface area contributed by atoms with Gasteiger partial charge < -0.3 is 33.5 Å². The van der Waals surface area contributed by atoms with Crippen molar-refractivity contribution in [3.63, 3.8) is 0 Å². The van der Waals surface area contributed by atoms with Crippen molar-refractivity contribution < 1.29 is 38.3 Å². The van der Waals surface area contributed by atoms with Crippen LogP contribution >= 0.6 is 0 Å². The minimum Gasteiger partial charge on any atom is -0.493 e. The number of carbonyl (C=O) groups is 1. The van der Waals surface area contributed by atoms with E-state index in [-0.39, 0.29) is 19.0 Å². The number of aliphatic hydroxyl groups is 1. The molecule has 35 heavy (non-hydrogen) atoms. The number of hydrogen-bond acceptors (Lipinski definition) is 8. The first-order chi connectivity index (χ1) is 17.0. The molecule has 186 valence electrons. The number of aliphatic hydroxyl groups excluding tert-OH is 1. The molecular formula is C27H30O8. The fraction of sp³-hybridized carbons (Fsp3) is 0.296. The van der Waals surface area contributed by atoms with Crippen LogP contribution in [-0.2, 0) is 16.1 Å². The number of rotatable bonds is 12. The molecule has 3 aromatic rings. The minimum absolute atomic E-state index is 0.121. The van der Waals surface area contributed by atoms with E-state index in [0.717, 1.165) is 5.56 Å². The Morgan fingerprint density at radius 3 is 1.97 bits per heavy atom. The van der Waals surface area contributed by atoms with Crippen molar-refractivity contribution in [2.24, 2.45) is 0 Å². The Kier molecular flexibility index (Phi) is 9.20. The van der Waals surface area contributed by atoms with Crippen molar-refractivity contribution in [2.75, 3.05) is 27.9 Å². The lowest BCUT2D eigenvalue weighted by molar-refractivity contribution is -0.157. The molecule has 0 aliphatic heterocycles. The van der Waals surface area contributed by atoms with Crippen LogP contribution in [0.15, 0.2) is 66.7 Å². The molecule has 0 aromatic heterocycles. The summed E-state index contributed by atoms with van der Waals surface area (Å²) in [6.45, 7) is 2.09. The Morgan fingerprint density at radius 2 is 1.40 bits per heavy atom. The number of hydrogen-bond donors (Lipinski definition) is 1. The summed E-state index contributed by atoms with van der Waals surface area (Å²) in [6.07, 6.45) is -2.79. The number of methoxy groups -OCH3 is 3. The summed E-state index contributed by atoms with van der Waals surface area (Å²) in [5.74, 6) is 0.993. The average molecular weight is 483 g/mol. The third-order valence-electron chi connectivity index (χ3n) is 5.18. The first-order valence-corrected chi connectivity index (χ1v) is 11.1. The lowest BCUT2D eigenvalue weighted by Gasteiger charge is -2.25. The van der Waals surface area contributed by atoms with Crippen LogP contribution in [0.3, 0.4) is 0 Å². The summed E-state index contributed by atoms with van der Waals surface area (Å²) >= 11 is 0. The molecule has 0 heterocycles. The van der Waals surface area contributed by atoms with E-state index in [1.807, 2.05) is 30.3 Å². The second-order valence-corrected chi connectivity index (χ2v) is 7.42. The number of ether oxygens (including phenoxy) is 6. The van der Waals surface area contributed by atoms with Gasteiger partial charge in [0.15, 0.2) is 23.0 Å². The van der Waals surface area contributed by atoms with Gasteiger partial charge in [0, 0.05) is 0 Å². The van der Waals surface area contributed by atoms with E-state index < -0.39 is 18.2 Å². The number of carbonyl (C=O) groups excluding carboxylic acids is 1. The van der Waals surface area contributed by atoms with Gasteiger partial charge in [-0.2, -0.15) is 0 Å². The summed E-state index contributed by atoms with van der Waals surface area (Å²) in [7, 11) is 4.45. The van der Waals surface area contributed by atoms with Gasteiger partial charge in [0.25, 0.3) is 0 Å².